The summed E-state index contributed by atoms with van der Waals surface area (Å²) >= 11 is 0. The van der Waals surface area contributed by atoms with Crippen molar-refractivity contribution in [2.75, 3.05) is 6.61 Å². The lowest BCUT2D eigenvalue weighted by Crippen LogP contribution is -2.77. The second-order valence-corrected chi connectivity index (χ2v) is 12.8. The highest BCUT2D eigenvalue weighted by Crippen LogP contribution is 2.91. The molecule has 37 heavy (non-hydrogen) atoms. The zero-order valence-corrected chi connectivity index (χ0v) is 20.9. The number of aromatic amines is 1. The Morgan fingerprint density at radius 3 is 2.49 bits per heavy atom. The van der Waals surface area contributed by atoms with Crippen molar-refractivity contribution in [2.45, 2.75) is 98.2 Å². The molecular formula is C25H33NO11. The van der Waals surface area contributed by atoms with Gasteiger partial charge in [0.05, 0.1) is 11.5 Å². The van der Waals surface area contributed by atoms with Gasteiger partial charge in [-0.05, 0) is 26.0 Å². The van der Waals surface area contributed by atoms with E-state index in [0.29, 0.717) is 0 Å². The van der Waals surface area contributed by atoms with Gasteiger partial charge in [0, 0.05) is 37.0 Å². The van der Waals surface area contributed by atoms with Crippen molar-refractivity contribution in [3.05, 3.63) is 24.0 Å². The fourth-order valence-corrected chi connectivity index (χ4v) is 9.88. The molecule has 4 heterocycles. The zero-order chi connectivity index (χ0) is 27.0. The number of nitrogens with one attached hydrogen (secondary N) is 1. The van der Waals surface area contributed by atoms with Crippen LogP contribution in [0.15, 0.2) is 18.3 Å². The molecule has 8 N–H and O–H groups in total. The number of rotatable bonds is 4. The third-order valence-corrected chi connectivity index (χ3v) is 11.9. The molecule has 12 nitrogen and oxygen atoms in total. The minimum atomic E-state index is -2.78. The minimum absolute atomic E-state index is 0.00436. The molecule has 204 valence electrons. The van der Waals surface area contributed by atoms with Crippen LogP contribution in [0.2, 0.25) is 0 Å². The lowest BCUT2D eigenvalue weighted by atomic mass is 9.52. The summed E-state index contributed by atoms with van der Waals surface area (Å²) in [5, 5.41) is 84.8. The number of carbonyl (C=O) groups is 1. The van der Waals surface area contributed by atoms with E-state index >= 15 is 0 Å². The van der Waals surface area contributed by atoms with Crippen LogP contribution in [0, 0.1) is 16.7 Å². The fraction of sp³-hybridized carbons (Fsp3) is 0.800. The number of ether oxygens (including phenoxy) is 3. The lowest BCUT2D eigenvalue weighted by Gasteiger charge is -2.59. The van der Waals surface area contributed by atoms with E-state index in [-0.39, 0.29) is 12.1 Å². The van der Waals surface area contributed by atoms with Crippen LogP contribution in [0.25, 0.3) is 0 Å². The Morgan fingerprint density at radius 2 is 1.89 bits per heavy atom. The molecule has 1 aromatic rings. The van der Waals surface area contributed by atoms with Gasteiger partial charge in [-0.3, -0.25) is 0 Å². The van der Waals surface area contributed by atoms with Gasteiger partial charge in [-0.1, -0.05) is 13.8 Å². The smallest absolute Gasteiger partial charge is 0.355 e. The van der Waals surface area contributed by atoms with Gasteiger partial charge in [0.1, 0.15) is 39.8 Å². The molecule has 4 saturated carbocycles. The first kappa shape index (κ1) is 24.4. The first-order chi connectivity index (χ1) is 17.0. The molecule has 1 spiro atoms. The van der Waals surface area contributed by atoms with Crippen LogP contribution in [-0.2, 0) is 14.2 Å². The number of aliphatic hydroxyl groups excluding tert-OH is 2. The van der Waals surface area contributed by atoms with E-state index in [4.69, 9.17) is 14.2 Å². The van der Waals surface area contributed by atoms with Crippen LogP contribution >= 0.6 is 0 Å². The molecule has 1 aromatic heterocycles. The average Bonchev–Trinajstić information content (AvgIpc) is 3.15. The lowest BCUT2D eigenvalue weighted by molar-refractivity contribution is -0.387. The minimum Gasteiger partial charge on any atom is -0.451 e. The Bertz CT molecular complexity index is 1240. The number of esters is 1. The fourth-order valence-electron chi connectivity index (χ4n) is 9.88. The van der Waals surface area contributed by atoms with E-state index in [1.807, 2.05) is 0 Å². The molecule has 3 saturated heterocycles. The first-order valence-corrected chi connectivity index (χ1v) is 12.6. The van der Waals surface area contributed by atoms with Crippen molar-refractivity contribution >= 4 is 5.97 Å². The summed E-state index contributed by atoms with van der Waals surface area (Å²) in [5.74, 6) is -4.57. The maximum atomic E-state index is 13.2. The summed E-state index contributed by atoms with van der Waals surface area (Å²) in [7, 11) is 0. The van der Waals surface area contributed by atoms with Gasteiger partial charge >= 0.3 is 5.97 Å². The second kappa shape index (κ2) is 5.93. The third-order valence-electron chi connectivity index (χ3n) is 11.9. The van der Waals surface area contributed by atoms with Gasteiger partial charge in [0.25, 0.3) is 0 Å². The molecule has 6 bridgehead atoms. The normalized spacial score (nSPS) is 62.8. The second-order valence-electron chi connectivity index (χ2n) is 12.8. The molecule has 12 heteroatoms. The van der Waals surface area contributed by atoms with Gasteiger partial charge in [-0.2, -0.15) is 0 Å². The number of epoxide rings is 1. The maximum absolute atomic E-state index is 13.2. The van der Waals surface area contributed by atoms with Crippen molar-refractivity contribution in [1.29, 1.82) is 0 Å². The van der Waals surface area contributed by atoms with Crippen molar-refractivity contribution in [3.63, 3.8) is 0 Å². The predicted molar refractivity (Wildman–Crippen MR) is 120 cm³/mol. The summed E-state index contributed by atoms with van der Waals surface area (Å²) in [4.78, 5) is 15.9. The quantitative estimate of drug-likeness (QED) is 0.159. The molecule has 4 aliphatic carbocycles. The summed E-state index contributed by atoms with van der Waals surface area (Å²) < 4.78 is 17.7. The number of carbonyl (C=O) groups excluding carboxylic acids is 1. The largest absolute Gasteiger partial charge is 0.451 e. The van der Waals surface area contributed by atoms with E-state index in [2.05, 4.69) is 4.98 Å². The molecule has 0 aromatic carbocycles. The van der Waals surface area contributed by atoms with Crippen molar-refractivity contribution < 1.29 is 54.8 Å². The van der Waals surface area contributed by atoms with Crippen LogP contribution in [0.5, 0.6) is 0 Å². The highest BCUT2D eigenvalue weighted by atomic mass is 16.7. The summed E-state index contributed by atoms with van der Waals surface area (Å²) in [6.45, 7) is 5.03. The van der Waals surface area contributed by atoms with Crippen LogP contribution in [-0.4, -0.2) is 111 Å². The van der Waals surface area contributed by atoms with Crippen molar-refractivity contribution in [3.8, 4) is 0 Å². The predicted octanol–water partition coefficient (Wildman–Crippen LogP) is -2.08. The van der Waals surface area contributed by atoms with E-state index in [1.165, 1.54) is 33.0 Å². The van der Waals surface area contributed by atoms with E-state index < -0.39 is 93.5 Å². The Kier molecular flexibility index (Phi) is 3.92. The highest BCUT2D eigenvalue weighted by molar-refractivity contribution is 5.87. The van der Waals surface area contributed by atoms with E-state index in [9.17, 15) is 40.5 Å². The van der Waals surface area contributed by atoms with Crippen LogP contribution in [0.1, 0.15) is 51.0 Å². The summed E-state index contributed by atoms with van der Waals surface area (Å²) in [6.07, 6.45) is -3.48. The number of hydrogen-bond donors (Lipinski definition) is 8. The standard InChI is InChI=1S/C25H33NO11/c1-11(9-27)22(32)16(35-14(28)12-6-5-7-26-12)23(33)17(2)10-21(31)19(22,4)25(23,34)24(37-21)15(29)18(3)13(36-18)8-20(17,24)30/h5-7,11,13,15-16,26-27,29-34H,8-10H2,1-4H3/t11-,13+,15-,16+,17-,18+,19-,20-,21+,22+,23+,24+,25+/m0/s1. The molecule has 13 atom stereocenters. The number of aliphatic hydroxyl groups is 7. The van der Waals surface area contributed by atoms with Gasteiger partial charge < -0.3 is 54.9 Å². The van der Waals surface area contributed by atoms with Crippen molar-refractivity contribution in [1.82, 2.24) is 4.98 Å². The van der Waals surface area contributed by atoms with Crippen LogP contribution in [0.4, 0.5) is 0 Å². The van der Waals surface area contributed by atoms with Crippen molar-refractivity contribution in [2.24, 2.45) is 16.7 Å². The number of hydrogen-bond acceptors (Lipinski definition) is 11. The number of H-pyrrole nitrogens is 1. The summed E-state index contributed by atoms with van der Waals surface area (Å²) in [6, 6.07) is 2.97. The van der Waals surface area contributed by atoms with Gasteiger partial charge in [0.15, 0.2) is 17.5 Å². The van der Waals surface area contributed by atoms with Gasteiger partial charge in [0.2, 0.25) is 0 Å². The molecule has 8 rings (SSSR count). The topological polar surface area (TPSA) is 205 Å². The molecule has 3 aliphatic heterocycles. The Morgan fingerprint density at radius 1 is 1.22 bits per heavy atom. The monoisotopic (exact) mass is 523 g/mol. The Labute approximate surface area is 211 Å². The third kappa shape index (κ3) is 1.75. The van der Waals surface area contributed by atoms with Gasteiger partial charge in [-0.15, -0.1) is 0 Å². The zero-order valence-electron chi connectivity index (χ0n) is 20.9. The molecule has 0 unspecified atom stereocenters. The molecule has 7 aliphatic rings. The molecule has 0 radical (unpaired) electrons. The number of aromatic nitrogens is 1. The Balaban J connectivity index is 1.56. The average molecular weight is 524 g/mol. The molecule has 0 amide bonds. The molecular weight excluding hydrogens is 490 g/mol. The molecule has 7 fully saturated rings. The van der Waals surface area contributed by atoms with E-state index in [0.717, 1.165) is 0 Å². The first-order valence-electron chi connectivity index (χ1n) is 12.6. The summed E-state index contributed by atoms with van der Waals surface area (Å²) in [5.41, 5.74) is -18.0. The highest BCUT2D eigenvalue weighted by Gasteiger charge is 3.11. The van der Waals surface area contributed by atoms with Crippen LogP contribution in [0.3, 0.4) is 0 Å². The van der Waals surface area contributed by atoms with E-state index in [1.54, 1.807) is 13.0 Å². The SMILES string of the molecule is C[C@@H](CO)[C@@]1(O)[C@@H](OC(=O)c2ccc[nH]2)[C@@]2(O)[C@@]3(C)C[C@@]4(O)O[C@@]5([C@@H](O)[C@]6(C)O[C@@H]6C[C@]35O)[C@@]2(O)[C@]14C. The Hall–Kier alpha value is -1.61. The number of fused-ring (bicyclic) bond motifs is 1. The maximum Gasteiger partial charge on any atom is 0.355 e. The van der Waals surface area contributed by atoms with Crippen LogP contribution < -0.4 is 0 Å². The van der Waals surface area contributed by atoms with Gasteiger partial charge in [-0.25, -0.2) is 4.79 Å².